The number of rotatable bonds is 1. The van der Waals surface area contributed by atoms with E-state index in [1.54, 1.807) is 0 Å². The molecule has 68 valence electrons. The maximum absolute atomic E-state index is 12.3. The quantitative estimate of drug-likeness (QED) is 0.682. The zero-order chi connectivity index (χ0) is 10.0. The van der Waals surface area contributed by atoms with Crippen LogP contribution in [-0.2, 0) is 0 Å². The fraction of sp³-hybridized carbons (Fsp3) is 0.143. The van der Waals surface area contributed by atoms with Gasteiger partial charge in [-0.3, -0.25) is 0 Å². The van der Waals surface area contributed by atoms with Crippen molar-refractivity contribution >= 4 is 11.4 Å². The average Bonchev–Trinajstić information content (AvgIpc) is 2.08. The van der Waals surface area contributed by atoms with Crippen LogP contribution in [-0.4, -0.2) is 4.98 Å². The first-order chi connectivity index (χ1) is 6.07. The highest BCUT2D eigenvalue weighted by atomic mass is 19.3. The summed E-state index contributed by atoms with van der Waals surface area (Å²) in [5.41, 5.74) is 9.21. The molecule has 0 saturated carbocycles. The van der Waals surface area contributed by atoms with Crippen LogP contribution in [0.5, 0.6) is 0 Å². The van der Waals surface area contributed by atoms with Gasteiger partial charge < -0.3 is 11.5 Å². The van der Waals surface area contributed by atoms with Crippen LogP contribution in [0.1, 0.15) is 17.7 Å². The lowest BCUT2D eigenvalue weighted by Crippen LogP contribution is -2.05. The Bertz CT molecular complexity index is 369. The van der Waals surface area contributed by atoms with Crippen molar-refractivity contribution in [2.24, 2.45) is 0 Å². The monoisotopic (exact) mass is 184 g/mol. The molecular weight excluding hydrogens is 178 g/mol. The van der Waals surface area contributed by atoms with Gasteiger partial charge >= 0.3 is 0 Å². The minimum Gasteiger partial charge on any atom is -0.397 e. The molecule has 0 aliphatic carbocycles. The van der Waals surface area contributed by atoms with Gasteiger partial charge in [0.25, 0.3) is 6.43 Å². The number of pyridine rings is 1. The van der Waals surface area contributed by atoms with E-state index in [2.05, 4.69) is 4.98 Å². The zero-order valence-electron chi connectivity index (χ0n) is 6.46. The third kappa shape index (κ3) is 1.49. The van der Waals surface area contributed by atoms with Crippen molar-refractivity contribution < 1.29 is 8.78 Å². The molecule has 4 N–H and O–H groups in total. The smallest absolute Gasteiger partial charge is 0.268 e. The molecule has 0 unspecified atom stereocenters. The van der Waals surface area contributed by atoms with Crippen molar-refractivity contribution in [1.82, 2.24) is 4.98 Å². The SMILES string of the molecule is N#Cc1ncc(N)c(N)c1C(F)F. The van der Waals surface area contributed by atoms with Gasteiger partial charge in [0.05, 0.1) is 23.1 Å². The van der Waals surface area contributed by atoms with E-state index in [-0.39, 0.29) is 17.1 Å². The largest absolute Gasteiger partial charge is 0.397 e. The van der Waals surface area contributed by atoms with Crippen LogP contribution in [0.25, 0.3) is 0 Å². The van der Waals surface area contributed by atoms with E-state index in [9.17, 15) is 8.78 Å². The van der Waals surface area contributed by atoms with E-state index >= 15 is 0 Å². The molecule has 0 bridgehead atoms. The Balaban J connectivity index is 3.43. The minimum atomic E-state index is -2.84. The molecule has 0 spiro atoms. The van der Waals surface area contributed by atoms with Gasteiger partial charge in [-0.15, -0.1) is 0 Å². The molecule has 0 aromatic carbocycles. The van der Waals surface area contributed by atoms with Gasteiger partial charge in [0, 0.05) is 0 Å². The molecule has 0 radical (unpaired) electrons. The van der Waals surface area contributed by atoms with Gasteiger partial charge in [0.15, 0.2) is 5.69 Å². The number of alkyl halides is 2. The third-order valence-corrected chi connectivity index (χ3v) is 1.51. The summed E-state index contributed by atoms with van der Waals surface area (Å²) in [7, 11) is 0. The second-order valence-electron chi connectivity index (χ2n) is 2.30. The van der Waals surface area contributed by atoms with Crippen LogP contribution in [0.15, 0.2) is 6.20 Å². The lowest BCUT2D eigenvalue weighted by Gasteiger charge is -2.07. The number of aromatic nitrogens is 1. The fourth-order valence-corrected chi connectivity index (χ4v) is 0.866. The van der Waals surface area contributed by atoms with E-state index in [0.29, 0.717) is 0 Å². The summed E-state index contributed by atoms with van der Waals surface area (Å²) in [4.78, 5) is 3.43. The molecule has 0 saturated heterocycles. The lowest BCUT2D eigenvalue weighted by molar-refractivity contribution is 0.151. The Morgan fingerprint density at radius 3 is 2.54 bits per heavy atom. The van der Waals surface area contributed by atoms with E-state index < -0.39 is 12.0 Å². The van der Waals surface area contributed by atoms with Gasteiger partial charge in [-0.05, 0) is 0 Å². The van der Waals surface area contributed by atoms with Crippen molar-refractivity contribution in [3.63, 3.8) is 0 Å². The van der Waals surface area contributed by atoms with Gasteiger partial charge in [0.2, 0.25) is 0 Å². The maximum atomic E-state index is 12.3. The van der Waals surface area contributed by atoms with Crippen molar-refractivity contribution in [3.8, 4) is 6.07 Å². The Morgan fingerprint density at radius 1 is 1.46 bits per heavy atom. The van der Waals surface area contributed by atoms with Crippen molar-refractivity contribution in [2.45, 2.75) is 6.43 Å². The summed E-state index contributed by atoms with van der Waals surface area (Å²) in [5, 5.41) is 8.44. The van der Waals surface area contributed by atoms with Crippen LogP contribution in [0.4, 0.5) is 20.2 Å². The number of nitriles is 1. The zero-order valence-corrected chi connectivity index (χ0v) is 6.46. The molecule has 6 heteroatoms. The number of hydrogen-bond acceptors (Lipinski definition) is 4. The number of anilines is 2. The first kappa shape index (κ1) is 9.19. The van der Waals surface area contributed by atoms with Gasteiger partial charge in [-0.2, -0.15) is 5.26 Å². The second-order valence-corrected chi connectivity index (χ2v) is 2.30. The molecule has 1 aromatic rings. The minimum absolute atomic E-state index is 0.0469. The summed E-state index contributed by atoms with van der Waals surface area (Å²) in [6.45, 7) is 0. The molecule has 0 atom stereocenters. The molecule has 0 fully saturated rings. The molecule has 4 nitrogen and oxygen atoms in total. The Kier molecular flexibility index (Phi) is 2.28. The molecule has 13 heavy (non-hydrogen) atoms. The lowest BCUT2D eigenvalue weighted by atomic mass is 10.1. The number of nitrogens with zero attached hydrogens (tertiary/aromatic N) is 2. The van der Waals surface area contributed by atoms with Crippen LogP contribution in [0, 0.1) is 11.3 Å². The van der Waals surface area contributed by atoms with E-state index in [1.807, 2.05) is 0 Å². The number of nitrogen functional groups attached to an aromatic ring is 2. The first-order valence-corrected chi connectivity index (χ1v) is 3.30. The summed E-state index contributed by atoms with van der Waals surface area (Å²) in [5.74, 6) is 0. The normalized spacial score (nSPS) is 10.0. The number of halogens is 2. The van der Waals surface area contributed by atoms with E-state index in [0.717, 1.165) is 6.20 Å². The molecule has 1 aromatic heterocycles. The average molecular weight is 184 g/mol. The van der Waals surface area contributed by atoms with E-state index in [1.165, 1.54) is 6.07 Å². The second kappa shape index (κ2) is 3.23. The van der Waals surface area contributed by atoms with Gasteiger partial charge in [0.1, 0.15) is 6.07 Å². The molecule has 0 aliphatic rings. The predicted octanol–water partition coefficient (Wildman–Crippen LogP) is 1.06. The van der Waals surface area contributed by atoms with Crippen LogP contribution in [0.3, 0.4) is 0 Å². The number of hydrogen-bond donors (Lipinski definition) is 2. The Labute approximate surface area is 72.8 Å². The van der Waals surface area contributed by atoms with Crippen LogP contribution < -0.4 is 11.5 Å². The van der Waals surface area contributed by atoms with Crippen molar-refractivity contribution in [1.29, 1.82) is 5.26 Å². The predicted molar refractivity (Wildman–Crippen MR) is 42.7 cm³/mol. The third-order valence-electron chi connectivity index (χ3n) is 1.51. The van der Waals surface area contributed by atoms with Gasteiger partial charge in [-0.1, -0.05) is 0 Å². The highest BCUT2D eigenvalue weighted by Gasteiger charge is 2.19. The highest BCUT2D eigenvalue weighted by molar-refractivity contribution is 5.68. The molecule has 0 aliphatic heterocycles. The van der Waals surface area contributed by atoms with Crippen molar-refractivity contribution in [3.05, 3.63) is 17.5 Å². The highest BCUT2D eigenvalue weighted by Crippen LogP contribution is 2.30. The van der Waals surface area contributed by atoms with E-state index in [4.69, 9.17) is 16.7 Å². The first-order valence-electron chi connectivity index (χ1n) is 3.30. The molecule has 1 heterocycles. The number of nitrogens with two attached hydrogens (primary N) is 2. The summed E-state index contributed by atoms with van der Waals surface area (Å²) >= 11 is 0. The fourth-order valence-electron chi connectivity index (χ4n) is 0.866. The molecular formula is C7H6F2N4. The molecule has 1 rings (SSSR count). The summed E-state index contributed by atoms with van der Waals surface area (Å²) < 4.78 is 24.7. The Morgan fingerprint density at radius 2 is 2.08 bits per heavy atom. The summed E-state index contributed by atoms with van der Waals surface area (Å²) in [6.07, 6.45) is -1.76. The molecule has 0 amide bonds. The summed E-state index contributed by atoms with van der Waals surface area (Å²) in [6, 6.07) is 1.52. The topological polar surface area (TPSA) is 88.7 Å². The van der Waals surface area contributed by atoms with Gasteiger partial charge in [-0.25, -0.2) is 13.8 Å². The van der Waals surface area contributed by atoms with Crippen molar-refractivity contribution in [2.75, 3.05) is 11.5 Å². The maximum Gasteiger partial charge on any atom is 0.268 e. The van der Waals surface area contributed by atoms with Crippen LogP contribution in [0.2, 0.25) is 0 Å². The Hall–Kier alpha value is -1.90. The van der Waals surface area contributed by atoms with Crippen LogP contribution >= 0.6 is 0 Å². The standard InChI is InChI=1S/C7H6F2N4/c8-7(9)5-4(1-10)13-2-3(11)6(5)12/h2,7H,11H2,(H2,12,13).